The van der Waals surface area contributed by atoms with Crippen molar-refractivity contribution >= 4 is 39.1 Å². The van der Waals surface area contributed by atoms with Gasteiger partial charge in [0.1, 0.15) is 0 Å². The predicted octanol–water partition coefficient (Wildman–Crippen LogP) is 3.27. The van der Waals surface area contributed by atoms with Crippen molar-refractivity contribution < 1.29 is 14.3 Å². The first kappa shape index (κ1) is 19.9. The summed E-state index contributed by atoms with van der Waals surface area (Å²) in [6, 6.07) is 14.4. The molecule has 0 heterocycles. The van der Waals surface area contributed by atoms with Gasteiger partial charge in [-0.3, -0.25) is 9.59 Å². The molecule has 6 nitrogen and oxygen atoms in total. The molecule has 3 N–H and O–H groups in total. The van der Waals surface area contributed by atoms with Crippen LogP contribution in [0.3, 0.4) is 0 Å². The normalized spacial score (nSPS) is 10.2. The molecule has 26 heavy (non-hydrogen) atoms. The molecule has 2 rings (SSSR count). The molecule has 0 bridgehead atoms. The number of nitrogens with one attached hydrogen (secondary N) is 3. The van der Waals surface area contributed by atoms with Gasteiger partial charge in [0, 0.05) is 36.0 Å². The number of hydrogen-bond donors (Lipinski definition) is 3. The summed E-state index contributed by atoms with van der Waals surface area (Å²) in [5.74, 6) is -0.325. The molecule has 138 valence electrons. The molecule has 0 spiro atoms. The average Bonchev–Trinajstić information content (AvgIpc) is 2.65. The van der Waals surface area contributed by atoms with Crippen molar-refractivity contribution in [1.29, 1.82) is 0 Å². The maximum atomic E-state index is 12.1. The molecule has 2 aromatic rings. The first-order valence-electron chi connectivity index (χ1n) is 8.25. The monoisotopic (exact) mass is 419 g/mol. The summed E-state index contributed by atoms with van der Waals surface area (Å²) in [6.07, 6.45) is 0.759. The molecular formula is C19H22BrN3O3. The van der Waals surface area contributed by atoms with Gasteiger partial charge >= 0.3 is 0 Å². The summed E-state index contributed by atoms with van der Waals surface area (Å²) in [5, 5.41) is 8.68. The lowest BCUT2D eigenvalue weighted by atomic mass is 10.2. The third-order valence-electron chi connectivity index (χ3n) is 3.54. The zero-order valence-electron chi connectivity index (χ0n) is 14.5. The van der Waals surface area contributed by atoms with Gasteiger partial charge in [-0.25, -0.2) is 0 Å². The number of hydrogen-bond acceptors (Lipinski definition) is 4. The van der Waals surface area contributed by atoms with Crippen LogP contribution in [0.1, 0.15) is 16.8 Å². The maximum Gasteiger partial charge on any atom is 0.251 e. The molecule has 2 amide bonds. The zero-order valence-corrected chi connectivity index (χ0v) is 16.1. The number of methoxy groups -OCH3 is 1. The van der Waals surface area contributed by atoms with Crippen LogP contribution in [-0.4, -0.2) is 38.6 Å². The number of amides is 2. The van der Waals surface area contributed by atoms with Gasteiger partial charge in [0.05, 0.1) is 12.2 Å². The fraction of sp³-hybridized carbons (Fsp3) is 0.263. The maximum absolute atomic E-state index is 12.1. The van der Waals surface area contributed by atoms with Gasteiger partial charge in [-0.1, -0.05) is 18.2 Å². The Kier molecular flexibility index (Phi) is 8.11. The minimum Gasteiger partial charge on any atom is -0.385 e. The van der Waals surface area contributed by atoms with Gasteiger partial charge in [-0.05, 0) is 52.7 Å². The molecule has 7 heteroatoms. The molecule has 0 atom stereocenters. The van der Waals surface area contributed by atoms with Gasteiger partial charge in [0.2, 0.25) is 5.91 Å². The predicted molar refractivity (Wildman–Crippen MR) is 107 cm³/mol. The minimum atomic E-state index is -0.175. The summed E-state index contributed by atoms with van der Waals surface area (Å²) >= 11 is 3.39. The fourth-order valence-electron chi connectivity index (χ4n) is 2.23. The third-order valence-corrected chi connectivity index (χ3v) is 4.23. The summed E-state index contributed by atoms with van der Waals surface area (Å²) in [7, 11) is 1.63. The summed E-state index contributed by atoms with van der Waals surface area (Å²) in [6.45, 7) is 1.26. The Bertz CT molecular complexity index is 752. The molecule has 0 fully saturated rings. The van der Waals surface area contributed by atoms with Crippen LogP contribution in [0.25, 0.3) is 0 Å². The van der Waals surface area contributed by atoms with Crippen LogP contribution in [0.5, 0.6) is 0 Å². The second-order valence-electron chi connectivity index (χ2n) is 5.56. The van der Waals surface area contributed by atoms with E-state index in [1.54, 1.807) is 25.3 Å². The van der Waals surface area contributed by atoms with E-state index in [4.69, 9.17) is 4.74 Å². The Morgan fingerprint density at radius 1 is 1.12 bits per heavy atom. The van der Waals surface area contributed by atoms with Crippen LogP contribution in [0.4, 0.5) is 11.4 Å². The van der Waals surface area contributed by atoms with E-state index in [1.165, 1.54) is 0 Å². The molecule has 0 unspecified atom stereocenters. The van der Waals surface area contributed by atoms with Crippen molar-refractivity contribution in [3.05, 3.63) is 58.6 Å². The number of halogens is 1. The molecule has 0 radical (unpaired) electrons. The number of para-hydroxylation sites is 1. The number of rotatable bonds is 9. The number of anilines is 2. The Morgan fingerprint density at radius 2 is 1.92 bits per heavy atom. The molecule has 0 aliphatic heterocycles. The quantitative estimate of drug-likeness (QED) is 0.544. The van der Waals surface area contributed by atoms with Crippen LogP contribution in [0.2, 0.25) is 0 Å². The van der Waals surface area contributed by atoms with Crippen LogP contribution < -0.4 is 16.0 Å². The van der Waals surface area contributed by atoms with Crippen LogP contribution in [0, 0.1) is 0 Å². The second-order valence-corrected chi connectivity index (χ2v) is 6.42. The lowest BCUT2D eigenvalue weighted by Gasteiger charge is -2.10. The van der Waals surface area contributed by atoms with Gasteiger partial charge < -0.3 is 20.7 Å². The third kappa shape index (κ3) is 6.50. The van der Waals surface area contributed by atoms with Gasteiger partial charge in [0.15, 0.2) is 0 Å². The van der Waals surface area contributed by atoms with Crippen molar-refractivity contribution in [2.75, 3.05) is 37.4 Å². The van der Waals surface area contributed by atoms with E-state index in [0.717, 1.165) is 10.9 Å². The topological polar surface area (TPSA) is 79.5 Å². The molecule has 0 saturated carbocycles. The van der Waals surface area contributed by atoms with E-state index in [2.05, 4.69) is 31.9 Å². The number of ether oxygens (including phenoxy) is 1. The first-order chi connectivity index (χ1) is 12.6. The van der Waals surface area contributed by atoms with Crippen molar-refractivity contribution in [3.63, 3.8) is 0 Å². The van der Waals surface area contributed by atoms with Crippen LogP contribution in [0.15, 0.2) is 53.0 Å². The van der Waals surface area contributed by atoms with Gasteiger partial charge in [-0.2, -0.15) is 0 Å². The lowest BCUT2D eigenvalue weighted by molar-refractivity contribution is -0.114. The molecule has 2 aromatic carbocycles. The molecule has 0 aromatic heterocycles. The highest BCUT2D eigenvalue weighted by molar-refractivity contribution is 9.10. The van der Waals surface area contributed by atoms with Gasteiger partial charge in [-0.15, -0.1) is 0 Å². The smallest absolute Gasteiger partial charge is 0.251 e. The molecular weight excluding hydrogens is 398 g/mol. The fourth-order valence-corrected chi connectivity index (χ4v) is 2.61. The van der Waals surface area contributed by atoms with Crippen molar-refractivity contribution in [1.82, 2.24) is 5.32 Å². The molecule has 0 aliphatic rings. The van der Waals surface area contributed by atoms with E-state index in [-0.39, 0.29) is 18.4 Å². The summed E-state index contributed by atoms with van der Waals surface area (Å²) in [5.41, 5.74) is 1.96. The van der Waals surface area contributed by atoms with Crippen LogP contribution >= 0.6 is 15.9 Å². The summed E-state index contributed by atoms with van der Waals surface area (Å²) < 4.78 is 5.77. The van der Waals surface area contributed by atoms with Crippen molar-refractivity contribution in [3.8, 4) is 0 Å². The minimum absolute atomic E-state index is 0.0975. The average molecular weight is 420 g/mol. The molecule has 0 saturated heterocycles. The standard InChI is InChI=1S/C19H22BrN3O3/c1-26-11-5-10-21-19(25)14-6-4-7-15(12-14)22-13-18(24)23-17-9-3-2-8-16(17)20/h2-4,6-9,12,22H,5,10-11,13H2,1H3,(H,21,25)(H,23,24). The largest absolute Gasteiger partial charge is 0.385 e. The lowest BCUT2D eigenvalue weighted by Crippen LogP contribution is -2.25. The molecule has 0 aliphatic carbocycles. The summed E-state index contributed by atoms with van der Waals surface area (Å²) in [4.78, 5) is 24.2. The highest BCUT2D eigenvalue weighted by Crippen LogP contribution is 2.21. The highest BCUT2D eigenvalue weighted by Gasteiger charge is 2.08. The van der Waals surface area contributed by atoms with Crippen molar-refractivity contribution in [2.45, 2.75) is 6.42 Å². The SMILES string of the molecule is COCCCNC(=O)c1cccc(NCC(=O)Nc2ccccc2Br)c1. The van der Waals surface area contributed by atoms with E-state index in [1.807, 2.05) is 30.3 Å². The zero-order chi connectivity index (χ0) is 18.8. The van der Waals surface area contributed by atoms with E-state index >= 15 is 0 Å². The van der Waals surface area contributed by atoms with E-state index in [0.29, 0.717) is 30.1 Å². The van der Waals surface area contributed by atoms with E-state index < -0.39 is 0 Å². The Hall–Kier alpha value is -2.38. The van der Waals surface area contributed by atoms with Crippen LogP contribution in [-0.2, 0) is 9.53 Å². The van der Waals surface area contributed by atoms with Gasteiger partial charge in [0.25, 0.3) is 5.91 Å². The Labute approximate surface area is 161 Å². The highest BCUT2D eigenvalue weighted by atomic mass is 79.9. The number of carbonyl (C=O) groups is 2. The van der Waals surface area contributed by atoms with Crippen molar-refractivity contribution in [2.24, 2.45) is 0 Å². The number of carbonyl (C=O) groups excluding carboxylic acids is 2. The Balaban J connectivity index is 1.85. The van der Waals surface area contributed by atoms with E-state index in [9.17, 15) is 9.59 Å². The first-order valence-corrected chi connectivity index (χ1v) is 9.05. The second kappa shape index (κ2) is 10.6. The Morgan fingerprint density at radius 3 is 2.69 bits per heavy atom. The number of benzene rings is 2.